The zero-order valence-electron chi connectivity index (χ0n) is 30.5. The SMILES string of the molecule is CCc1cccc(N2c3ccc(C(C)(C)C)cc3B3c4cccc5c4N(c4ccccc4C54C5CCC6CCC7CC4C65C7)c4cccc2c43)c1. The molecular weight excluding hydrogens is 615 g/mol. The van der Waals surface area contributed by atoms with Crippen LogP contribution in [0.5, 0.6) is 0 Å². The van der Waals surface area contributed by atoms with Crippen molar-refractivity contribution in [3.05, 3.63) is 125 Å². The van der Waals surface area contributed by atoms with Gasteiger partial charge in [-0.1, -0.05) is 101 Å². The van der Waals surface area contributed by atoms with Gasteiger partial charge in [0, 0.05) is 33.9 Å². The predicted octanol–water partition coefficient (Wildman–Crippen LogP) is 10.1. The van der Waals surface area contributed by atoms with Crippen molar-refractivity contribution in [2.75, 3.05) is 9.80 Å². The maximum Gasteiger partial charge on any atom is 0.252 e. The molecule has 7 aliphatic rings. The molecule has 3 heterocycles. The molecule has 4 fully saturated rings. The van der Waals surface area contributed by atoms with Crippen molar-refractivity contribution in [2.24, 2.45) is 29.1 Å². The van der Waals surface area contributed by atoms with Crippen LogP contribution in [0.2, 0.25) is 0 Å². The normalized spacial score (nSPS) is 29.6. The average molecular weight is 663 g/mol. The third kappa shape index (κ3) is 3.31. The molecule has 5 aromatic carbocycles. The van der Waals surface area contributed by atoms with Crippen molar-refractivity contribution in [3.8, 4) is 0 Å². The lowest BCUT2D eigenvalue weighted by Crippen LogP contribution is -2.68. The van der Waals surface area contributed by atoms with Gasteiger partial charge < -0.3 is 9.80 Å². The summed E-state index contributed by atoms with van der Waals surface area (Å²) in [7, 11) is 0. The quantitative estimate of drug-likeness (QED) is 0.170. The number of hydrogen-bond acceptors (Lipinski definition) is 2. The Labute approximate surface area is 304 Å². The first kappa shape index (κ1) is 29.4. The number of benzene rings is 5. The first-order valence-electron chi connectivity index (χ1n) is 20.0. The Kier molecular flexibility index (Phi) is 5.52. The van der Waals surface area contributed by atoms with Crippen molar-refractivity contribution in [3.63, 3.8) is 0 Å². The summed E-state index contributed by atoms with van der Waals surface area (Å²) in [6.07, 6.45) is 9.76. The van der Waals surface area contributed by atoms with E-state index in [2.05, 4.69) is 141 Å². The second kappa shape index (κ2) is 9.59. The van der Waals surface area contributed by atoms with Gasteiger partial charge >= 0.3 is 0 Å². The van der Waals surface area contributed by atoms with Crippen LogP contribution in [0.3, 0.4) is 0 Å². The molecule has 0 aromatic heterocycles. The molecule has 2 nitrogen and oxygen atoms in total. The monoisotopic (exact) mass is 662 g/mol. The predicted molar refractivity (Wildman–Crippen MR) is 213 cm³/mol. The molecule has 3 heteroatoms. The van der Waals surface area contributed by atoms with E-state index in [0.29, 0.717) is 5.41 Å². The zero-order chi connectivity index (χ0) is 34.0. The van der Waals surface area contributed by atoms with E-state index in [1.165, 1.54) is 100 Å². The maximum absolute atomic E-state index is 2.73. The van der Waals surface area contributed by atoms with Crippen molar-refractivity contribution < 1.29 is 0 Å². The van der Waals surface area contributed by atoms with E-state index >= 15 is 0 Å². The number of rotatable bonds is 2. The van der Waals surface area contributed by atoms with Crippen molar-refractivity contribution in [1.29, 1.82) is 0 Å². The average Bonchev–Trinajstić information content (AvgIpc) is 3.64. The van der Waals surface area contributed by atoms with E-state index in [4.69, 9.17) is 0 Å². The molecule has 3 aliphatic heterocycles. The highest BCUT2D eigenvalue weighted by Crippen LogP contribution is 2.85. The summed E-state index contributed by atoms with van der Waals surface area (Å²) >= 11 is 0. The molecule has 5 aromatic rings. The highest BCUT2D eigenvalue weighted by atomic mass is 15.2. The van der Waals surface area contributed by atoms with Crippen LogP contribution >= 0.6 is 0 Å². The van der Waals surface area contributed by atoms with Crippen LogP contribution in [0.25, 0.3) is 0 Å². The number of anilines is 6. The lowest BCUT2D eigenvalue weighted by molar-refractivity contribution is -0.117. The standard InChI is InChI=1S/C48H47BN2/c1-5-29-11-8-12-33(25-29)50-39-23-21-32(46(2,3)4)27-37(39)49-36-15-9-14-35-45(36)51(41-18-10-17-40(50)44(41)49)38-16-7-6-13-34(38)48(35)42-24-22-31-20-19-30-26-43(48)47(31,42)28-30/h6-18,21,23,25,27,30-31,42-43H,5,19-20,22,24,26,28H2,1-4H3. The summed E-state index contributed by atoms with van der Waals surface area (Å²) in [5.41, 5.74) is 19.5. The summed E-state index contributed by atoms with van der Waals surface area (Å²) in [6, 6.07) is 41.1. The van der Waals surface area contributed by atoms with E-state index in [0.717, 1.165) is 30.1 Å². The van der Waals surface area contributed by atoms with Crippen molar-refractivity contribution in [1.82, 2.24) is 0 Å². The van der Waals surface area contributed by atoms with Crippen LogP contribution in [-0.4, -0.2) is 6.71 Å². The Morgan fingerprint density at radius 1 is 0.686 bits per heavy atom. The van der Waals surface area contributed by atoms with Crippen LogP contribution in [0.4, 0.5) is 34.1 Å². The first-order valence-corrected chi connectivity index (χ1v) is 20.0. The van der Waals surface area contributed by atoms with Gasteiger partial charge in [-0.25, -0.2) is 0 Å². The molecule has 0 N–H and O–H groups in total. The Morgan fingerprint density at radius 3 is 2.31 bits per heavy atom. The van der Waals surface area contributed by atoms with Crippen LogP contribution in [0, 0.1) is 29.1 Å². The third-order valence-corrected chi connectivity index (χ3v) is 15.6. The summed E-state index contributed by atoms with van der Waals surface area (Å²) in [5.74, 6) is 3.41. The van der Waals surface area contributed by atoms with Gasteiger partial charge in [-0.2, -0.15) is 0 Å². The fourth-order valence-electron chi connectivity index (χ4n) is 13.9. The Hall–Kier alpha value is -4.24. The Balaban J connectivity index is 1.16. The van der Waals surface area contributed by atoms with E-state index in [-0.39, 0.29) is 17.5 Å². The topological polar surface area (TPSA) is 6.48 Å². The van der Waals surface area contributed by atoms with Gasteiger partial charge in [0.15, 0.2) is 0 Å². The minimum atomic E-state index is 0.0567. The third-order valence-electron chi connectivity index (χ3n) is 15.6. The fourth-order valence-corrected chi connectivity index (χ4v) is 13.9. The molecule has 0 radical (unpaired) electrons. The van der Waals surface area contributed by atoms with E-state index in [1.807, 2.05) is 0 Å². The number of hydrogen-bond donors (Lipinski definition) is 0. The Bertz CT molecular complexity index is 2330. The van der Waals surface area contributed by atoms with Gasteiger partial charge in [0.05, 0.1) is 5.69 Å². The lowest BCUT2D eigenvalue weighted by atomic mass is 9.31. The molecule has 252 valence electrons. The summed E-state index contributed by atoms with van der Waals surface area (Å²) in [5, 5.41) is 0. The first-order chi connectivity index (χ1) is 24.9. The highest BCUT2D eigenvalue weighted by Gasteiger charge is 2.79. The smallest absolute Gasteiger partial charge is 0.252 e. The van der Waals surface area contributed by atoms with Crippen molar-refractivity contribution in [2.45, 2.75) is 83.5 Å². The molecule has 2 bridgehead atoms. The molecular formula is C48H47BN2. The van der Waals surface area contributed by atoms with Gasteiger partial charge in [0.25, 0.3) is 6.71 Å². The van der Waals surface area contributed by atoms with Gasteiger partial charge in [-0.05, 0) is 148 Å². The molecule has 12 rings (SSSR count). The van der Waals surface area contributed by atoms with E-state index in [1.54, 1.807) is 11.1 Å². The molecule has 2 spiro atoms. The lowest BCUT2D eigenvalue weighted by Gasteiger charge is -2.69. The van der Waals surface area contributed by atoms with Gasteiger partial charge in [-0.15, -0.1) is 0 Å². The number of aryl methyl sites for hydroxylation is 1. The molecule has 4 aliphatic carbocycles. The van der Waals surface area contributed by atoms with E-state index in [9.17, 15) is 0 Å². The van der Waals surface area contributed by atoms with Crippen LogP contribution < -0.4 is 26.2 Å². The van der Waals surface area contributed by atoms with Gasteiger partial charge in [-0.3, -0.25) is 0 Å². The summed E-state index contributed by atoms with van der Waals surface area (Å²) < 4.78 is 0. The zero-order valence-corrected chi connectivity index (χ0v) is 30.5. The van der Waals surface area contributed by atoms with Crippen LogP contribution in [0.1, 0.15) is 88.5 Å². The maximum atomic E-state index is 2.73. The number of para-hydroxylation sites is 2. The number of nitrogens with zero attached hydrogens (tertiary/aromatic N) is 2. The largest absolute Gasteiger partial charge is 0.311 e. The van der Waals surface area contributed by atoms with Gasteiger partial charge in [0.2, 0.25) is 0 Å². The van der Waals surface area contributed by atoms with E-state index < -0.39 is 0 Å². The molecule has 6 unspecified atom stereocenters. The Morgan fingerprint density at radius 2 is 1.45 bits per heavy atom. The molecule has 0 saturated heterocycles. The second-order valence-electron chi connectivity index (χ2n) is 18.4. The molecule has 51 heavy (non-hydrogen) atoms. The second-order valence-corrected chi connectivity index (χ2v) is 18.4. The van der Waals surface area contributed by atoms with Crippen molar-refractivity contribution >= 4 is 57.2 Å². The molecule has 0 amide bonds. The molecule has 4 saturated carbocycles. The van der Waals surface area contributed by atoms with Gasteiger partial charge in [0.1, 0.15) is 0 Å². The van der Waals surface area contributed by atoms with Crippen LogP contribution in [0.15, 0.2) is 103 Å². The van der Waals surface area contributed by atoms with Crippen LogP contribution in [-0.2, 0) is 17.3 Å². The fraction of sp³-hybridized carbons (Fsp3) is 0.375. The number of fused-ring (bicyclic) bond motifs is 11. The summed E-state index contributed by atoms with van der Waals surface area (Å²) in [6.45, 7) is 9.55. The highest BCUT2D eigenvalue weighted by molar-refractivity contribution is 7.00. The minimum Gasteiger partial charge on any atom is -0.311 e. The minimum absolute atomic E-state index is 0.0567. The molecule has 6 atom stereocenters. The summed E-state index contributed by atoms with van der Waals surface area (Å²) in [4.78, 5) is 5.31.